The largest absolute Gasteiger partial charge is 0.326 e. The van der Waals surface area contributed by atoms with Gasteiger partial charge in [-0.2, -0.15) is 0 Å². The van der Waals surface area contributed by atoms with Gasteiger partial charge in [0.05, 0.1) is 0 Å². The molecular weight excluding hydrogens is 234 g/mol. The lowest BCUT2D eigenvalue weighted by molar-refractivity contribution is -0.116. The van der Waals surface area contributed by atoms with Gasteiger partial charge in [0.25, 0.3) is 0 Å². The van der Waals surface area contributed by atoms with E-state index in [9.17, 15) is 4.79 Å². The summed E-state index contributed by atoms with van der Waals surface area (Å²) >= 11 is 0. The number of fused-ring (bicyclic) bond motifs is 1. The molecule has 0 atom stereocenters. The highest BCUT2D eigenvalue weighted by molar-refractivity contribution is 6.02. The van der Waals surface area contributed by atoms with Crippen LogP contribution >= 0.6 is 0 Å². The summed E-state index contributed by atoms with van der Waals surface area (Å²) in [6, 6.07) is 14.0. The number of benzene rings is 2. The molecule has 2 rings (SSSR count). The summed E-state index contributed by atoms with van der Waals surface area (Å²) in [6.45, 7) is 1.82. The van der Waals surface area contributed by atoms with Gasteiger partial charge in [-0.1, -0.05) is 36.4 Å². The van der Waals surface area contributed by atoms with E-state index in [4.69, 9.17) is 0 Å². The van der Waals surface area contributed by atoms with Crippen molar-refractivity contribution in [2.24, 2.45) is 0 Å². The summed E-state index contributed by atoms with van der Waals surface area (Å²) in [5.74, 6) is 5.85. The Hall–Kier alpha value is -2.27. The topological polar surface area (TPSA) is 29.1 Å². The Labute approximate surface area is 113 Å². The Bertz CT molecular complexity index is 629. The number of amides is 1. The summed E-state index contributed by atoms with van der Waals surface area (Å²) in [5, 5.41) is 5.19. The van der Waals surface area contributed by atoms with Crippen molar-refractivity contribution in [3.8, 4) is 11.8 Å². The molecule has 2 nitrogen and oxygen atoms in total. The maximum absolute atomic E-state index is 11.9. The Balaban J connectivity index is 2.04. The molecule has 19 heavy (non-hydrogen) atoms. The Morgan fingerprint density at radius 2 is 1.95 bits per heavy atom. The monoisotopic (exact) mass is 251 g/mol. The lowest BCUT2D eigenvalue weighted by Gasteiger charge is -2.08. The quantitative estimate of drug-likeness (QED) is 0.646. The average Bonchev–Trinajstić information content (AvgIpc) is 2.44. The molecule has 1 amide bonds. The smallest absolute Gasteiger partial charge is 0.224 e. The fraction of sp³-hybridized carbons (Fsp3) is 0.235. The molecular formula is C17H17NO. The highest BCUT2D eigenvalue weighted by atomic mass is 16.1. The van der Waals surface area contributed by atoms with Crippen LogP contribution in [0.2, 0.25) is 0 Å². The Morgan fingerprint density at radius 1 is 1.16 bits per heavy atom. The van der Waals surface area contributed by atoms with E-state index in [0.717, 1.165) is 29.3 Å². The molecule has 0 bridgehead atoms. The van der Waals surface area contributed by atoms with Crippen LogP contribution in [0, 0.1) is 11.8 Å². The molecule has 2 heteroatoms. The molecule has 0 aliphatic rings. The molecule has 0 radical (unpaired) electrons. The average molecular weight is 251 g/mol. The molecule has 0 spiro atoms. The molecule has 0 fully saturated rings. The predicted octanol–water partition coefficient (Wildman–Crippen LogP) is 3.97. The van der Waals surface area contributed by atoms with Crippen LogP contribution in [0.3, 0.4) is 0 Å². The van der Waals surface area contributed by atoms with E-state index in [2.05, 4.69) is 17.2 Å². The third-order valence-corrected chi connectivity index (χ3v) is 2.95. The highest BCUT2D eigenvalue weighted by Crippen LogP contribution is 2.23. The molecule has 0 heterocycles. The van der Waals surface area contributed by atoms with Gasteiger partial charge in [-0.05, 0) is 24.8 Å². The van der Waals surface area contributed by atoms with Gasteiger partial charge >= 0.3 is 0 Å². The normalized spacial score (nSPS) is 9.74. The van der Waals surface area contributed by atoms with Gasteiger partial charge in [0, 0.05) is 23.9 Å². The molecule has 0 aliphatic heterocycles. The van der Waals surface area contributed by atoms with Crippen LogP contribution in [-0.4, -0.2) is 5.91 Å². The minimum absolute atomic E-state index is 0.0502. The summed E-state index contributed by atoms with van der Waals surface area (Å²) in [7, 11) is 0. The van der Waals surface area contributed by atoms with Crippen molar-refractivity contribution in [2.75, 3.05) is 5.32 Å². The molecule has 0 aliphatic carbocycles. The van der Waals surface area contributed by atoms with Crippen LogP contribution in [0.25, 0.3) is 10.8 Å². The van der Waals surface area contributed by atoms with Crippen LogP contribution in [0.4, 0.5) is 5.69 Å². The van der Waals surface area contributed by atoms with E-state index in [1.807, 2.05) is 49.4 Å². The summed E-state index contributed by atoms with van der Waals surface area (Å²) in [5.41, 5.74) is 0.879. The highest BCUT2D eigenvalue weighted by Gasteiger charge is 2.04. The molecule has 1 N–H and O–H groups in total. The lowest BCUT2D eigenvalue weighted by atomic mass is 10.1. The van der Waals surface area contributed by atoms with E-state index >= 15 is 0 Å². The number of rotatable bonds is 4. The number of nitrogens with one attached hydrogen (secondary N) is 1. The first-order valence-electron chi connectivity index (χ1n) is 6.48. The zero-order chi connectivity index (χ0) is 13.5. The van der Waals surface area contributed by atoms with E-state index < -0.39 is 0 Å². The van der Waals surface area contributed by atoms with Crippen LogP contribution in [0.1, 0.15) is 26.2 Å². The van der Waals surface area contributed by atoms with E-state index in [1.54, 1.807) is 0 Å². The van der Waals surface area contributed by atoms with Gasteiger partial charge in [-0.15, -0.1) is 11.8 Å². The third kappa shape index (κ3) is 3.59. The fourth-order valence-corrected chi connectivity index (χ4v) is 2.01. The van der Waals surface area contributed by atoms with Gasteiger partial charge in [-0.25, -0.2) is 0 Å². The SMILES string of the molecule is CC#CCCCC(=O)Nc1cccc2ccccc12. The third-order valence-electron chi connectivity index (χ3n) is 2.95. The van der Waals surface area contributed by atoms with Gasteiger partial charge in [0.1, 0.15) is 0 Å². The van der Waals surface area contributed by atoms with Crippen molar-refractivity contribution in [2.45, 2.75) is 26.2 Å². The van der Waals surface area contributed by atoms with E-state index in [0.29, 0.717) is 6.42 Å². The van der Waals surface area contributed by atoms with Crippen molar-refractivity contribution in [3.63, 3.8) is 0 Å². The molecule has 96 valence electrons. The van der Waals surface area contributed by atoms with Crippen molar-refractivity contribution in [1.82, 2.24) is 0 Å². The van der Waals surface area contributed by atoms with Gasteiger partial charge in [0.15, 0.2) is 0 Å². The second-order valence-electron chi connectivity index (χ2n) is 4.36. The summed E-state index contributed by atoms with van der Waals surface area (Å²) in [6.07, 6.45) is 2.09. The first-order chi connectivity index (χ1) is 9.31. The number of unbranched alkanes of at least 4 members (excludes halogenated alkanes) is 1. The maximum atomic E-state index is 11.9. The summed E-state index contributed by atoms with van der Waals surface area (Å²) < 4.78 is 0. The maximum Gasteiger partial charge on any atom is 0.224 e. The molecule has 0 saturated heterocycles. The number of carbonyl (C=O) groups is 1. The van der Waals surface area contributed by atoms with Gasteiger partial charge < -0.3 is 5.32 Å². The number of anilines is 1. The second-order valence-corrected chi connectivity index (χ2v) is 4.36. The van der Waals surface area contributed by atoms with Crippen molar-refractivity contribution in [1.29, 1.82) is 0 Å². The van der Waals surface area contributed by atoms with Crippen molar-refractivity contribution in [3.05, 3.63) is 42.5 Å². The Kier molecular flexibility index (Phi) is 4.58. The Morgan fingerprint density at radius 3 is 2.79 bits per heavy atom. The second kappa shape index (κ2) is 6.61. The van der Waals surface area contributed by atoms with Gasteiger partial charge in [-0.3, -0.25) is 4.79 Å². The number of carbonyl (C=O) groups excluding carboxylic acids is 1. The standard InChI is InChI=1S/C17H17NO/c1-2-3-4-5-13-17(19)18-16-12-8-10-14-9-6-7-11-15(14)16/h6-12H,4-5,13H2,1H3,(H,18,19). The molecule has 0 unspecified atom stereocenters. The van der Waals surface area contributed by atoms with Crippen LogP contribution in [0.5, 0.6) is 0 Å². The first kappa shape index (κ1) is 13.2. The fourth-order valence-electron chi connectivity index (χ4n) is 2.01. The minimum atomic E-state index is 0.0502. The molecule has 2 aromatic rings. The molecule has 2 aromatic carbocycles. The first-order valence-corrected chi connectivity index (χ1v) is 6.48. The zero-order valence-corrected chi connectivity index (χ0v) is 11.1. The van der Waals surface area contributed by atoms with E-state index in [1.165, 1.54) is 0 Å². The number of hydrogen-bond donors (Lipinski definition) is 1. The summed E-state index contributed by atoms with van der Waals surface area (Å²) in [4.78, 5) is 11.9. The van der Waals surface area contributed by atoms with Crippen LogP contribution in [-0.2, 0) is 4.79 Å². The lowest BCUT2D eigenvalue weighted by Crippen LogP contribution is -2.11. The van der Waals surface area contributed by atoms with Crippen LogP contribution < -0.4 is 5.32 Å². The van der Waals surface area contributed by atoms with Crippen molar-refractivity contribution < 1.29 is 4.79 Å². The zero-order valence-electron chi connectivity index (χ0n) is 11.1. The molecule has 0 saturated carbocycles. The van der Waals surface area contributed by atoms with Crippen molar-refractivity contribution >= 4 is 22.4 Å². The number of hydrogen-bond acceptors (Lipinski definition) is 1. The minimum Gasteiger partial charge on any atom is -0.326 e. The molecule has 0 aromatic heterocycles. The van der Waals surface area contributed by atoms with Crippen LogP contribution in [0.15, 0.2) is 42.5 Å². The van der Waals surface area contributed by atoms with Gasteiger partial charge in [0.2, 0.25) is 5.91 Å². The van der Waals surface area contributed by atoms with E-state index in [-0.39, 0.29) is 5.91 Å². The predicted molar refractivity (Wildman–Crippen MR) is 79.9 cm³/mol.